The summed E-state index contributed by atoms with van der Waals surface area (Å²) in [6.45, 7) is 0.429. The third-order valence-electron chi connectivity index (χ3n) is 5.40. The number of carbonyl (C=O) groups excluding carboxylic acids is 2. The molecule has 1 aliphatic rings. The van der Waals surface area contributed by atoms with E-state index < -0.39 is 0 Å². The zero-order valence-corrected chi connectivity index (χ0v) is 16.7. The highest BCUT2D eigenvalue weighted by Crippen LogP contribution is 2.27. The van der Waals surface area contributed by atoms with Gasteiger partial charge in [0.05, 0.1) is 42.4 Å². The molecule has 0 saturated heterocycles. The number of benzene rings is 2. The fraction of sp³-hybridized carbons (Fsp3) is 0.130. The van der Waals surface area contributed by atoms with Gasteiger partial charge >= 0.3 is 0 Å². The van der Waals surface area contributed by atoms with Crippen LogP contribution in [-0.2, 0) is 13.1 Å². The molecule has 0 radical (unpaired) electrons. The maximum atomic E-state index is 12.9. The van der Waals surface area contributed by atoms with Gasteiger partial charge in [-0.2, -0.15) is 0 Å². The number of nitrogens with zero attached hydrogens (tertiary/aromatic N) is 4. The number of rotatable bonds is 5. The van der Waals surface area contributed by atoms with Gasteiger partial charge in [-0.3, -0.25) is 19.7 Å². The van der Waals surface area contributed by atoms with E-state index in [0.29, 0.717) is 29.2 Å². The van der Waals surface area contributed by atoms with Gasteiger partial charge in [0.25, 0.3) is 11.8 Å². The molecule has 0 atom stereocenters. The lowest BCUT2D eigenvalue weighted by atomic mass is 10.1. The van der Waals surface area contributed by atoms with Crippen molar-refractivity contribution in [1.82, 2.24) is 14.5 Å². The van der Waals surface area contributed by atoms with Crippen LogP contribution in [0.25, 0.3) is 11.0 Å². The Morgan fingerprint density at radius 3 is 2.42 bits per heavy atom. The number of amides is 2. The van der Waals surface area contributed by atoms with Gasteiger partial charge in [0.2, 0.25) is 12.4 Å². The molecule has 31 heavy (non-hydrogen) atoms. The van der Waals surface area contributed by atoms with Gasteiger partial charge in [-0.1, -0.05) is 12.1 Å². The maximum absolute atomic E-state index is 12.9. The van der Waals surface area contributed by atoms with E-state index in [1.807, 2.05) is 28.8 Å². The Morgan fingerprint density at radius 2 is 1.74 bits per heavy atom. The van der Waals surface area contributed by atoms with Crippen molar-refractivity contribution in [3.63, 3.8) is 0 Å². The van der Waals surface area contributed by atoms with Crippen LogP contribution in [0, 0.1) is 0 Å². The summed E-state index contributed by atoms with van der Waals surface area (Å²) in [5, 5.41) is 9.78. The zero-order valence-electron chi connectivity index (χ0n) is 16.7. The summed E-state index contributed by atoms with van der Waals surface area (Å²) in [6, 6.07) is 15.9. The van der Waals surface area contributed by atoms with Gasteiger partial charge in [0, 0.05) is 22.4 Å². The molecule has 0 unspecified atom stereocenters. The van der Waals surface area contributed by atoms with Crippen LogP contribution in [0.1, 0.15) is 32.1 Å². The van der Waals surface area contributed by atoms with Gasteiger partial charge in [0.1, 0.15) is 11.6 Å². The van der Waals surface area contributed by atoms with Crippen LogP contribution < -0.4 is 9.47 Å². The third-order valence-corrected chi connectivity index (χ3v) is 5.40. The fourth-order valence-corrected chi connectivity index (χ4v) is 3.89. The van der Waals surface area contributed by atoms with E-state index in [2.05, 4.69) is 0 Å². The fourth-order valence-electron chi connectivity index (χ4n) is 3.89. The molecular weight excluding hydrogens is 396 g/mol. The summed E-state index contributed by atoms with van der Waals surface area (Å²) < 4.78 is 8.27. The van der Waals surface area contributed by atoms with Crippen LogP contribution in [0.2, 0.25) is 0 Å². The number of fused-ring (bicyclic) bond motifs is 2. The zero-order chi connectivity index (χ0) is 21.5. The molecule has 0 fully saturated rings. The number of imidazole rings is 1. The van der Waals surface area contributed by atoms with Crippen molar-refractivity contribution < 1.29 is 24.3 Å². The first-order valence-electron chi connectivity index (χ1n) is 9.73. The molecule has 0 bridgehead atoms. The molecule has 8 nitrogen and oxygen atoms in total. The summed E-state index contributed by atoms with van der Waals surface area (Å²) in [6.07, 6.45) is 3.12. The predicted octanol–water partition coefficient (Wildman–Crippen LogP) is 2.41. The lowest BCUT2D eigenvalue weighted by Gasteiger charge is -2.15. The molecule has 8 heteroatoms. The number of hydrogen-bond acceptors (Lipinski definition) is 5. The normalized spacial score (nSPS) is 13.1. The molecule has 1 aliphatic heterocycles. The quantitative estimate of drug-likeness (QED) is 0.307. The van der Waals surface area contributed by atoms with Crippen LogP contribution in [0.4, 0.5) is 0 Å². The maximum Gasteiger partial charge on any atom is 0.261 e. The minimum atomic E-state index is -0.329. The molecule has 154 valence electrons. The molecule has 1 N–H and O–H groups in total. The van der Waals surface area contributed by atoms with Crippen LogP contribution in [0.15, 0.2) is 67.0 Å². The van der Waals surface area contributed by atoms with Crippen molar-refractivity contribution in [1.29, 1.82) is 0 Å². The van der Waals surface area contributed by atoms with Gasteiger partial charge in [-0.25, -0.2) is 4.98 Å². The molecule has 2 aromatic heterocycles. The van der Waals surface area contributed by atoms with Crippen molar-refractivity contribution in [2.24, 2.45) is 0 Å². The summed E-state index contributed by atoms with van der Waals surface area (Å²) in [5.41, 5.74) is 3.16. The third kappa shape index (κ3) is 3.18. The molecule has 3 heterocycles. The second kappa shape index (κ2) is 7.24. The first kappa shape index (κ1) is 18.8. The number of carbonyl (C=O) groups is 2. The van der Waals surface area contributed by atoms with E-state index in [-0.39, 0.29) is 18.4 Å². The Bertz CT molecular complexity index is 1310. The van der Waals surface area contributed by atoms with Gasteiger partial charge < -0.3 is 9.30 Å². The van der Waals surface area contributed by atoms with Crippen molar-refractivity contribution in [3.05, 3.63) is 89.5 Å². The van der Waals surface area contributed by atoms with E-state index in [0.717, 1.165) is 21.3 Å². The SMILES string of the molecule is COc1ccc2nc(CN3C(=O)c4ccccc4C3=O)n(Cc3ccc[n+](O)c3)c2c1. The molecule has 2 amide bonds. The largest absolute Gasteiger partial charge is 0.497 e. The Labute approximate surface area is 177 Å². The Hall–Kier alpha value is -4.20. The summed E-state index contributed by atoms with van der Waals surface area (Å²) >= 11 is 0. The smallest absolute Gasteiger partial charge is 0.261 e. The minimum Gasteiger partial charge on any atom is -0.497 e. The van der Waals surface area contributed by atoms with Crippen LogP contribution in [-0.4, -0.2) is 38.6 Å². The molecule has 0 aliphatic carbocycles. The van der Waals surface area contributed by atoms with Crippen molar-refractivity contribution >= 4 is 22.8 Å². The second-order valence-electron chi connectivity index (χ2n) is 7.30. The Balaban J connectivity index is 1.58. The first-order chi connectivity index (χ1) is 15.0. The monoisotopic (exact) mass is 415 g/mol. The van der Waals surface area contributed by atoms with Gasteiger partial charge in [-0.15, -0.1) is 0 Å². The molecule has 0 saturated carbocycles. The number of methoxy groups -OCH3 is 1. The lowest BCUT2D eigenvalue weighted by molar-refractivity contribution is -0.905. The van der Waals surface area contributed by atoms with E-state index in [1.165, 1.54) is 11.1 Å². The number of ether oxygens (including phenoxy) is 1. The summed E-state index contributed by atoms with van der Waals surface area (Å²) in [5.74, 6) is 0.576. The van der Waals surface area contributed by atoms with Crippen molar-refractivity contribution in [2.45, 2.75) is 13.1 Å². The average molecular weight is 415 g/mol. The van der Waals surface area contributed by atoms with Gasteiger partial charge in [0.15, 0.2) is 0 Å². The van der Waals surface area contributed by atoms with Crippen LogP contribution in [0.3, 0.4) is 0 Å². The number of hydrogen-bond donors (Lipinski definition) is 1. The highest BCUT2D eigenvalue weighted by Gasteiger charge is 2.36. The lowest BCUT2D eigenvalue weighted by Crippen LogP contribution is -2.31. The standard InChI is InChI=1S/C23H19N4O4/c1-31-16-8-9-19-20(11-16)26(13-15-5-4-10-25(30)12-15)21(24-19)14-27-22(28)17-6-2-3-7-18(17)23(27)29/h2-12,30H,13-14H2,1H3/q+1. The van der Waals surface area contributed by atoms with Crippen molar-refractivity contribution in [3.8, 4) is 5.75 Å². The van der Waals surface area contributed by atoms with Crippen LogP contribution in [0.5, 0.6) is 5.75 Å². The van der Waals surface area contributed by atoms with E-state index in [9.17, 15) is 14.8 Å². The summed E-state index contributed by atoms with van der Waals surface area (Å²) in [7, 11) is 1.59. The highest BCUT2D eigenvalue weighted by molar-refractivity contribution is 6.21. The van der Waals surface area contributed by atoms with E-state index >= 15 is 0 Å². The number of aromatic nitrogens is 3. The Kier molecular flexibility index (Phi) is 4.39. The number of imide groups is 1. The predicted molar refractivity (Wildman–Crippen MR) is 110 cm³/mol. The van der Waals surface area contributed by atoms with E-state index in [1.54, 1.807) is 43.6 Å². The van der Waals surface area contributed by atoms with Crippen LogP contribution >= 0.6 is 0 Å². The molecule has 4 aromatic rings. The molecular formula is C23H19N4O4+. The topological polar surface area (TPSA) is 88.5 Å². The molecule has 0 spiro atoms. The molecule has 2 aromatic carbocycles. The minimum absolute atomic E-state index is 0.0370. The second-order valence-corrected chi connectivity index (χ2v) is 7.30. The molecule has 5 rings (SSSR count). The van der Waals surface area contributed by atoms with E-state index in [4.69, 9.17) is 9.72 Å². The van der Waals surface area contributed by atoms with Crippen molar-refractivity contribution in [2.75, 3.05) is 7.11 Å². The summed E-state index contributed by atoms with van der Waals surface area (Å²) in [4.78, 5) is 31.6. The Morgan fingerprint density at radius 1 is 1.00 bits per heavy atom. The average Bonchev–Trinajstić information content (AvgIpc) is 3.24. The first-order valence-corrected chi connectivity index (χ1v) is 9.73. The highest BCUT2D eigenvalue weighted by atomic mass is 16.5. The van der Waals surface area contributed by atoms with Gasteiger partial charge in [-0.05, 0) is 30.3 Å². The number of pyridine rings is 1.